The van der Waals surface area contributed by atoms with E-state index in [0.29, 0.717) is 6.42 Å². The zero-order valence-corrected chi connectivity index (χ0v) is 15.2. The number of carbonyl (C=O) groups is 1. The highest BCUT2D eigenvalue weighted by atomic mass is 32.2. The lowest BCUT2D eigenvalue weighted by Crippen LogP contribution is -2.38. The lowest BCUT2D eigenvalue weighted by Gasteiger charge is -2.23. The molecule has 6 nitrogen and oxygen atoms in total. The maximum Gasteiger partial charge on any atom is 0.227 e. The number of amides is 1. The van der Waals surface area contributed by atoms with Crippen LogP contribution >= 0.6 is 11.3 Å². The molecule has 0 spiro atoms. The average molecular weight is 365 g/mol. The Morgan fingerprint density at radius 1 is 1.42 bits per heavy atom. The van der Waals surface area contributed by atoms with Crippen molar-refractivity contribution in [1.82, 2.24) is 14.9 Å². The second kappa shape index (κ2) is 6.60. The van der Waals surface area contributed by atoms with Crippen LogP contribution in [0.15, 0.2) is 24.4 Å². The molecule has 128 valence electrons. The summed E-state index contributed by atoms with van der Waals surface area (Å²) >= 11 is 1.46. The molecule has 0 saturated carbocycles. The van der Waals surface area contributed by atoms with Gasteiger partial charge in [-0.1, -0.05) is 6.07 Å². The fraction of sp³-hybridized carbons (Fsp3) is 0.438. The molecule has 0 bridgehead atoms. The van der Waals surface area contributed by atoms with E-state index in [4.69, 9.17) is 0 Å². The summed E-state index contributed by atoms with van der Waals surface area (Å²) in [5, 5.41) is 0.794. The average Bonchev–Trinajstić information content (AvgIpc) is 3.10. The van der Waals surface area contributed by atoms with E-state index in [1.807, 2.05) is 25.1 Å². The lowest BCUT2D eigenvalue weighted by molar-refractivity contribution is -0.130. The molecule has 1 unspecified atom stereocenters. The molecule has 1 saturated heterocycles. The summed E-state index contributed by atoms with van der Waals surface area (Å²) in [6.07, 6.45) is 2.47. The monoisotopic (exact) mass is 365 g/mol. The van der Waals surface area contributed by atoms with Gasteiger partial charge in [0.25, 0.3) is 0 Å². The topological polar surface area (TPSA) is 80.2 Å². The predicted molar refractivity (Wildman–Crippen MR) is 93.6 cm³/mol. The van der Waals surface area contributed by atoms with Crippen molar-refractivity contribution in [2.75, 3.05) is 18.6 Å². The molecule has 0 aromatic carbocycles. The first-order valence-electron chi connectivity index (χ1n) is 7.69. The molecule has 2 aromatic rings. The number of hydrogen-bond acceptors (Lipinski definition) is 6. The van der Waals surface area contributed by atoms with Crippen LogP contribution in [0.2, 0.25) is 0 Å². The van der Waals surface area contributed by atoms with Crippen molar-refractivity contribution < 1.29 is 13.2 Å². The second-order valence-corrected chi connectivity index (χ2v) is 9.29. The van der Waals surface area contributed by atoms with Crippen molar-refractivity contribution in [3.63, 3.8) is 0 Å². The Bertz CT molecular complexity index is 847. The van der Waals surface area contributed by atoms with Gasteiger partial charge in [0.2, 0.25) is 5.91 Å². The van der Waals surface area contributed by atoms with Crippen molar-refractivity contribution in [3.05, 3.63) is 35.0 Å². The minimum absolute atomic E-state index is 0.0656. The van der Waals surface area contributed by atoms with Crippen molar-refractivity contribution in [3.8, 4) is 10.7 Å². The fourth-order valence-corrected chi connectivity index (χ4v) is 5.54. The summed E-state index contributed by atoms with van der Waals surface area (Å²) in [5.74, 6) is 0.158. The molecule has 0 aliphatic carbocycles. The first-order chi connectivity index (χ1) is 11.4. The standard InChI is InChI=1S/C16H19N3O3S2/c1-11-14(23-16(18-11)13-5-3-4-7-17-13)9-15(20)19(2)12-6-8-24(21,22)10-12/h3-5,7,12H,6,8-10H2,1-2H3. The van der Waals surface area contributed by atoms with Crippen molar-refractivity contribution in [1.29, 1.82) is 0 Å². The smallest absolute Gasteiger partial charge is 0.227 e. The molecule has 2 aromatic heterocycles. The third kappa shape index (κ3) is 3.64. The molecule has 8 heteroatoms. The predicted octanol–water partition coefficient (Wildman–Crippen LogP) is 1.70. The van der Waals surface area contributed by atoms with Crippen LogP contribution in [0.1, 0.15) is 17.0 Å². The summed E-state index contributed by atoms with van der Waals surface area (Å²) in [5.41, 5.74) is 1.61. The number of sulfone groups is 1. The van der Waals surface area contributed by atoms with Crippen LogP contribution in [0.3, 0.4) is 0 Å². The molecule has 1 atom stereocenters. The lowest BCUT2D eigenvalue weighted by atomic mass is 10.2. The van der Waals surface area contributed by atoms with Gasteiger partial charge < -0.3 is 4.90 Å². The van der Waals surface area contributed by atoms with Crippen LogP contribution in [-0.2, 0) is 21.1 Å². The third-order valence-corrected chi connectivity index (χ3v) is 7.17. The summed E-state index contributed by atoms with van der Waals surface area (Å²) in [4.78, 5) is 23.8. The Morgan fingerprint density at radius 2 is 2.21 bits per heavy atom. The maximum atomic E-state index is 12.5. The molecule has 3 rings (SSSR count). The van der Waals surface area contributed by atoms with Gasteiger partial charge in [0, 0.05) is 24.2 Å². The number of likely N-dealkylation sites (N-methyl/N-ethyl adjacent to an activating group) is 1. The first-order valence-corrected chi connectivity index (χ1v) is 10.3. The molecule has 1 aliphatic rings. The van der Waals surface area contributed by atoms with Gasteiger partial charge in [0.15, 0.2) is 9.84 Å². The van der Waals surface area contributed by atoms with E-state index in [1.54, 1.807) is 18.1 Å². The Labute approximate surface area is 145 Å². The number of carbonyl (C=O) groups excluding carboxylic acids is 1. The van der Waals surface area contributed by atoms with Crippen LogP contribution in [-0.4, -0.2) is 53.8 Å². The number of aryl methyl sites for hydroxylation is 1. The minimum atomic E-state index is -3.00. The van der Waals surface area contributed by atoms with E-state index >= 15 is 0 Å². The van der Waals surface area contributed by atoms with Crippen LogP contribution < -0.4 is 0 Å². The number of nitrogens with zero attached hydrogens (tertiary/aromatic N) is 3. The Balaban J connectivity index is 1.72. The zero-order valence-electron chi connectivity index (χ0n) is 13.6. The van der Waals surface area contributed by atoms with Gasteiger partial charge >= 0.3 is 0 Å². The van der Waals surface area contributed by atoms with Gasteiger partial charge in [-0.05, 0) is 25.5 Å². The van der Waals surface area contributed by atoms with Crippen LogP contribution in [0.5, 0.6) is 0 Å². The van der Waals surface area contributed by atoms with E-state index in [9.17, 15) is 13.2 Å². The third-order valence-electron chi connectivity index (χ3n) is 4.24. The molecule has 0 radical (unpaired) electrons. The number of pyridine rings is 1. The highest BCUT2D eigenvalue weighted by Crippen LogP contribution is 2.27. The molecule has 1 amide bonds. The molecule has 1 aliphatic heterocycles. The zero-order chi connectivity index (χ0) is 17.3. The Hall–Kier alpha value is -1.80. The largest absolute Gasteiger partial charge is 0.341 e. The van der Waals surface area contributed by atoms with Gasteiger partial charge in [-0.25, -0.2) is 13.4 Å². The van der Waals surface area contributed by atoms with E-state index in [2.05, 4.69) is 9.97 Å². The van der Waals surface area contributed by atoms with Gasteiger partial charge in [0.05, 0.1) is 29.3 Å². The molecule has 0 N–H and O–H groups in total. The van der Waals surface area contributed by atoms with E-state index in [-0.39, 0.29) is 29.9 Å². The maximum absolute atomic E-state index is 12.5. The van der Waals surface area contributed by atoms with Crippen LogP contribution in [0, 0.1) is 6.92 Å². The summed E-state index contributed by atoms with van der Waals surface area (Å²) in [6, 6.07) is 5.42. The van der Waals surface area contributed by atoms with Crippen molar-refractivity contribution in [2.45, 2.75) is 25.8 Å². The highest BCUT2D eigenvalue weighted by molar-refractivity contribution is 7.91. The fourth-order valence-electron chi connectivity index (χ4n) is 2.74. The first kappa shape index (κ1) is 17.0. The van der Waals surface area contributed by atoms with Gasteiger partial charge in [-0.2, -0.15) is 0 Å². The van der Waals surface area contributed by atoms with Crippen molar-refractivity contribution in [2.24, 2.45) is 0 Å². The summed E-state index contributed by atoms with van der Waals surface area (Å²) in [6.45, 7) is 1.88. The van der Waals surface area contributed by atoms with E-state index in [0.717, 1.165) is 21.3 Å². The second-order valence-electron chi connectivity index (χ2n) is 5.98. The van der Waals surface area contributed by atoms with Crippen molar-refractivity contribution >= 4 is 27.1 Å². The molecule has 3 heterocycles. The van der Waals surface area contributed by atoms with E-state index < -0.39 is 9.84 Å². The molecule has 24 heavy (non-hydrogen) atoms. The molecular weight excluding hydrogens is 346 g/mol. The highest BCUT2D eigenvalue weighted by Gasteiger charge is 2.32. The number of rotatable bonds is 4. The van der Waals surface area contributed by atoms with Crippen LogP contribution in [0.4, 0.5) is 0 Å². The quantitative estimate of drug-likeness (QED) is 0.824. The SMILES string of the molecule is Cc1nc(-c2ccccn2)sc1CC(=O)N(C)C1CCS(=O)(=O)C1. The number of aromatic nitrogens is 2. The minimum Gasteiger partial charge on any atom is -0.341 e. The number of hydrogen-bond donors (Lipinski definition) is 0. The number of thiazole rings is 1. The summed E-state index contributed by atoms with van der Waals surface area (Å²) < 4.78 is 23.2. The van der Waals surface area contributed by atoms with Gasteiger partial charge in [0.1, 0.15) is 5.01 Å². The molecular formula is C16H19N3O3S2. The Kier molecular flexibility index (Phi) is 4.69. The Morgan fingerprint density at radius 3 is 2.83 bits per heavy atom. The molecule has 1 fully saturated rings. The van der Waals surface area contributed by atoms with Gasteiger partial charge in [-0.3, -0.25) is 9.78 Å². The van der Waals surface area contributed by atoms with E-state index in [1.165, 1.54) is 11.3 Å². The summed E-state index contributed by atoms with van der Waals surface area (Å²) in [7, 11) is -1.31. The van der Waals surface area contributed by atoms with Gasteiger partial charge in [-0.15, -0.1) is 11.3 Å². The van der Waals surface area contributed by atoms with Crippen LogP contribution in [0.25, 0.3) is 10.7 Å². The normalized spacial score (nSPS) is 19.3.